The molecule has 0 aromatic heterocycles. The SMILES string of the molecule is CCCCCCCCCCCCCCCCCCCCCC(=O)O[C@H](COCCCCCCCCCCCCCC)COP(=O)(O)OC[C@H](N)C(=O)O. The van der Waals surface area contributed by atoms with E-state index in [9.17, 15) is 19.0 Å². The summed E-state index contributed by atoms with van der Waals surface area (Å²) in [6, 6.07) is -1.47. The third-order valence-electron chi connectivity index (χ3n) is 9.89. The van der Waals surface area contributed by atoms with Gasteiger partial charge in [0.25, 0.3) is 0 Å². The van der Waals surface area contributed by atoms with Gasteiger partial charge in [-0.05, 0) is 12.8 Å². The highest BCUT2D eigenvalue weighted by Crippen LogP contribution is 2.43. The molecule has 0 rings (SSSR count). The fourth-order valence-electron chi connectivity index (χ4n) is 6.43. The maximum absolute atomic E-state index is 12.6. The van der Waals surface area contributed by atoms with Crippen LogP contribution < -0.4 is 5.73 Å². The average molecular weight is 778 g/mol. The molecule has 316 valence electrons. The molecule has 0 heterocycles. The van der Waals surface area contributed by atoms with Gasteiger partial charge in [-0.3, -0.25) is 18.6 Å². The van der Waals surface area contributed by atoms with Crippen LogP contribution in [0.15, 0.2) is 0 Å². The van der Waals surface area contributed by atoms with E-state index in [-0.39, 0.29) is 13.0 Å². The molecule has 0 bridgehead atoms. The zero-order valence-electron chi connectivity index (χ0n) is 34.4. The molecule has 0 spiro atoms. The number of carboxylic acid groups (broad SMARTS) is 1. The van der Waals surface area contributed by atoms with Gasteiger partial charge in [0.15, 0.2) is 0 Å². The molecule has 0 saturated heterocycles. The third-order valence-corrected chi connectivity index (χ3v) is 10.8. The van der Waals surface area contributed by atoms with Crippen molar-refractivity contribution in [3.05, 3.63) is 0 Å². The second-order valence-electron chi connectivity index (χ2n) is 15.2. The van der Waals surface area contributed by atoms with E-state index in [0.717, 1.165) is 38.5 Å². The van der Waals surface area contributed by atoms with Crippen LogP contribution in [-0.2, 0) is 32.7 Å². The normalized spacial score (nSPS) is 13.9. The van der Waals surface area contributed by atoms with Crippen molar-refractivity contribution in [1.82, 2.24) is 0 Å². The van der Waals surface area contributed by atoms with Gasteiger partial charge in [-0.1, -0.05) is 200 Å². The molecule has 3 atom stereocenters. The molecule has 0 aliphatic carbocycles. The van der Waals surface area contributed by atoms with E-state index in [1.165, 1.54) is 161 Å². The Labute approximate surface area is 325 Å². The van der Waals surface area contributed by atoms with Crippen LogP contribution in [-0.4, -0.2) is 60.5 Å². The smallest absolute Gasteiger partial charge is 0.472 e. The Hall–Kier alpha value is -1.03. The molecule has 0 amide bonds. The van der Waals surface area contributed by atoms with Crippen molar-refractivity contribution in [2.24, 2.45) is 5.73 Å². The largest absolute Gasteiger partial charge is 0.480 e. The van der Waals surface area contributed by atoms with Gasteiger partial charge in [0.2, 0.25) is 0 Å². The second-order valence-corrected chi connectivity index (χ2v) is 16.6. The molecule has 0 aromatic rings. The van der Waals surface area contributed by atoms with E-state index in [1.54, 1.807) is 0 Å². The zero-order valence-corrected chi connectivity index (χ0v) is 35.3. The summed E-state index contributed by atoms with van der Waals surface area (Å²) in [5.41, 5.74) is 5.35. The summed E-state index contributed by atoms with van der Waals surface area (Å²) in [5, 5.41) is 8.89. The van der Waals surface area contributed by atoms with E-state index in [0.29, 0.717) is 6.61 Å². The number of phosphoric acid groups is 1. The molecular formula is C42H84NO9P. The Bertz CT molecular complexity index is 862. The molecular weight excluding hydrogens is 693 g/mol. The number of carboxylic acids is 1. The summed E-state index contributed by atoms with van der Waals surface area (Å²) in [6.45, 7) is 3.92. The standard InChI is InChI=1S/C42H84NO9P/c1-3-5-7-9-11-13-15-17-18-19-20-21-22-23-24-26-28-30-32-34-41(44)52-39(37-50-53(47,48)51-38-40(43)42(45)46)36-49-35-33-31-29-27-25-16-14-12-10-8-6-4-2/h39-40H,3-38,43H2,1-2H3,(H,45,46)(H,47,48)/t39-,40+/m1/s1. The van der Waals surface area contributed by atoms with Gasteiger partial charge in [0, 0.05) is 13.0 Å². The third kappa shape index (κ3) is 39.0. The maximum atomic E-state index is 12.6. The molecule has 0 saturated carbocycles. The van der Waals surface area contributed by atoms with E-state index in [1.807, 2.05) is 0 Å². The first-order valence-corrected chi connectivity index (χ1v) is 23.6. The van der Waals surface area contributed by atoms with Crippen LogP contribution in [0, 0.1) is 0 Å². The number of rotatable bonds is 43. The first kappa shape index (κ1) is 52.0. The quantitative estimate of drug-likeness (QED) is 0.0309. The van der Waals surface area contributed by atoms with Gasteiger partial charge >= 0.3 is 19.8 Å². The topological polar surface area (TPSA) is 155 Å². The van der Waals surface area contributed by atoms with Crippen LogP contribution in [0.3, 0.4) is 0 Å². The fraction of sp³-hybridized carbons (Fsp3) is 0.952. The van der Waals surface area contributed by atoms with E-state index < -0.39 is 45.1 Å². The number of hydrogen-bond donors (Lipinski definition) is 3. The molecule has 11 heteroatoms. The number of phosphoric ester groups is 1. The zero-order chi connectivity index (χ0) is 39.1. The number of carbonyl (C=O) groups is 2. The lowest BCUT2D eigenvalue weighted by molar-refractivity contribution is -0.154. The summed E-state index contributed by atoms with van der Waals surface area (Å²) in [4.78, 5) is 33.5. The molecule has 53 heavy (non-hydrogen) atoms. The average Bonchev–Trinajstić information content (AvgIpc) is 3.13. The number of aliphatic carboxylic acids is 1. The number of carbonyl (C=O) groups excluding carboxylic acids is 1. The number of ether oxygens (including phenoxy) is 2. The molecule has 1 unspecified atom stereocenters. The summed E-state index contributed by atoms with van der Waals surface area (Å²) < 4.78 is 33.3. The second kappa shape index (κ2) is 39.2. The lowest BCUT2D eigenvalue weighted by atomic mass is 10.0. The van der Waals surface area contributed by atoms with Crippen LogP contribution in [0.2, 0.25) is 0 Å². The van der Waals surface area contributed by atoms with Crippen LogP contribution in [0.1, 0.15) is 219 Å². The summed E-state index contributed by atoms with van der Waals surface area (Å²) >= 11 is 0. The van der Waals surface area contributed by atoms with Crippen molar-refractivity contribution >= 4 is 19.8 Å². The van der Waals surface area contributed by atoms with E-state index >= 15 is 0 Å². The fourth-order valence-corrected chi connectivity index (χ4v) is 7.21. The molecule has 10 nitrogen and oxygen atoms in total. The van der Waals surface area contributed by atoms with Crippen molar-refractivity contribution in [1.29, 1.82) is 0 Å². The highest BCUT2D eigenvalue weighted by atomic mass is 31.2. The van der Waals surface area contributed by atoms with Crippen molar-refractivity contribution in [2.45, 2.75) is 231 Å². The van der Waals surface area contributed by atoms with Crippen LogP contribution in [0.4, 0.5) is 0 Å². The number of esters is 1. The molecule has 4 N–H and O–H groups in total. The summed E-state index contributed by atoms with van der Waals surface area (Å²) in [5.74, 6) is -1.76. The molecule has 0 aliphatic rings. The number of unbranched alkanes of at least 4 members (excludes halogenated alkanes) is 29. The molecule has 0 radical (unpaired) electrons. The minimum absolute atomic E-state index is 0.0254. The first-order valence-electron chi connectivity index (χ1n) is 22.1. The first-order chi connectivity index (χ1) is 25.7. The Balaban J connectivity index is 4.14. The predicted octanol–water partition coefficient (Wildman–Crippen LogP) is 12.0. The number of nitrogens with two attached hydrogens (primary N) is 1. The summed E-state index contributed by atoms with van der Waals surface area (Å²) in [6.07, 6.45) is 38.7. The molecule has 0 aromatic carbocycles. The minimum Gasteiger partial charge on any atom is -0.480 e. The highest BCUT2D eigenvalue weighted by Gasteiger charge is 2.27. The lowest BCUT2D eigenvalue weighted by Gasteiger charge is -2.20. The van der Waals surface area contributed by atoms with Gasteiger partial charge in [0.05, 0.1) is 19.8 Å². The van der Waals surface area contributed by atoms with E-state index in [2.05, 4.69) is 13.8 Å². The van der Waals surface area contributed by atoms with Crippen molar-refractivity contribution < 1.29 is 42.7 Å². The van der Waals surface area contributed by atoms with Crippen LogP contribution in [0.25, 0.3) is 0 Å². The van der Waals surface area contributed by atoms with Gasteiger partial charge in [-0.15, -0.1) is 0 Å². The lowest BCUT2D eigenvalue weighted by Crippen LogP contribution is -2.34. The van der Waals surface area contributed by atoms with E-state index in [4.69, 9.17) is 29.4 Å². The van der Waals surface area contributed by atoms with Gasteiger partial charge in [0.1, 0.15) is 12.1 Å². The van der Waals surface area contributed by atoms with Gasteiger partial charge < -0.3 is 25.2 Å². The Morgan fingerprint density at radius 1 is 0.528 bits per heavy atom. The minimum atomic E-state index is -4.60. The van der Waals surface area contributed by atoms with Crippen molar-refractivity contribution in [3.63, 3.8) is 0 Å². The van der Waals surface area contributed by atoms with Crippen molar-refractivity contribution in [3.8, 4) is 0 Å². The Morgan fingerprint density at radius 2 is 0.868 bits per heavy atom. The molecule has 0 fully saturated rings. The maximum Gasteiger partial charge on any atom is 0.472 e. The molecule has 0 aliphatic heterocycles. The predicted molar refractivity (Wildman–Crippen MR) is 217 cm³/mol. The van der Waals surface area contributed by atoms with Gasteiger partial charge in [-0.2, -0.15) is 0 Å². The van der Waals surface area contributed by atoms with Gasteiger partial charge in [-0.25, -0.2) is 4.57 Å². The summed E-state index contributed by atoms with van der Waals surface area (Å²) in [7, 11) is -4.60. The monoisotopic (exact) mass is 778 g/mol. The number of hydrogen-bond acceptors (Lipinski definition) is 8. The Kier molecular flexibility index (Phi) is 38.5. The Morgan fingerprint density at radius 3 is 1.25 bits per heavy atom. The highest BCUT2D eigenvalue weighted by molar-refractivity contribution is 7.47. The van der Waals surface area contributed by atoms with Crippen molar-refractivity contribution in [2.75, 3.05) is 26.4 Å². The van der Waals surface area contributed by atoms with Crippen LogP contribution >= 0.6 is 7.82 Å². The van der Waals surface area contributed by atoms with Crippen LogP contribution in [0.5, 0.6) is 0 Å².